The summed E-state index contributed by atoms with van der Waals surface area (Å²) in [6, 6.07) is 51.3. The number of nitrogens with zero attached hydrogens (tertiary/aromatic N) is 2. The maximum atomic E-state index is 4.93. The summed E-state index contributed by atoms with van der Waals surface area (Å²) < 4.78 is 4.33. The largest absolute Gasteiger partial charge is 0.331 e. The quantitative estimate of drug-likeness (QED) is 0.165. The topological polar surface area (TPSA) is 9.86 Å². The van der Waals surface area contributed by atoms with Gasteiger partial charge in [0, 0.05) is 36.2 Å². The molecule has 0 atom stereocenters. The van der Waals surface area contributed by atoms with Crippen LogP contribution in [0.4, 0.5) is 0 Å². The second kappa shape index (κ2) is 14.1. The van der Waals surface area contributed by atoms with Crippen molar-refractivity contribution in [1.82, 2.24) is 9.13 Å². The molecule has 0 saturated heterocycles. The summed E-state index contributed by atoms with van der Waals surface area (Å²) in [7, 11) is 9.87. The Kier molecular flexibility index (Phi) is 9.55. The van der Waals surface area contributed by atoms with Gasteiger partial charge in [-0.15, -0.1) is 58.3 Å². The van der Waals surface area contributed by atoms with Crippen LogP contribution in [0.15, 0.2) is 170 Å². The molecule has 2 aromatic heterocycles. The molecule has 0 spiro atoms. The molecule has 2 nitrogen and oxygen atoms in total. The van der Waals surface area contributed by atoms with Crippen LogP contribution in [0.25, 0.3) is 55.2 Å². The monoisotopic (exact) mass is 672 g/mol. The number of fused-ring (bicyclic) bond motifs is 2. The summed E-state index contributed by atoms with van der Waals surface area (Å²) in [6.07, 6.45) is 8.35. The Bertz CT molecular complexity index is 1860. The second-order valence-electron chi connectivity index (χ2n) is 10.0. The van der Waals surface area contributed by atoms with E-state index in [2.05, 4.69) is 180 Å². The molecule has 43 heavy (non-hydrogen) atoms. The van der Waals surface area contributed by atoms with E-state index >= 15 is 0 Å². The van der Waals surface area contributed by atoms with Gasteiger partial charge in [-0.25, -0.2) is 0 Å². The minimum Gasteiger partial charge on any atom is -0.331 e. The maximum Gasteiger partial charge on any atom is 0.0112 e. The van der Waals surface area contributed by atoms with Gasteiger partial charge in [-0.1, -0.05) is 107 Å². The number of hydrogen-bond donors (Lipinski definition) is 0. The van der Waals surface area contributed by atoms with E-state index in [1.165, 1.54) is 55.2 Å². The van der Waals surface area contributed by atoms with Crippen molar-refractivity contribution in [2.24, 2.45) is 0 Å². The summed E-state index contributed by atoms with van der Waals surface area (Å²) in [5.74, 6) is 0. The molecule has 208 valence electrons. The summed E-state index contributed by atoms with van der Waals surface area (Å²) in [5.41, 5.74) is 7.55. The van der Waals surface area contributed by atoms with Crippen LogP contribution in [0.2, 0.25) is 0 Å². The molecule has 0 bridgehead atoms. The Hall–Kier alpha value is -3.88. The maximum absolute atomic E-state index is 4.93. The molecule has 8 aromatic rings. The Labute approximate surface area is 270 Å². The third-order valence-corrected chi connectivity index (χ3v) is 7.43. The molecule has 0 amide bonds. The van der Waals surface area contributed by atoms with Crippen LogP contribution in [-0.2, 0) is 20.8 Å². The molecule has 0 aliphatic rings. The summed E-state index contributed by atoms with van der Waals surface area (Å²) in [6.45, 7) is 0. The van der Waals surface area contributed by atoms with Gasteiger partial charge in [0.15, 0.2) is 0 Å². The SMILES string of the molecule is [Cl][Zr+2][Cl].c1ccc(-c2cc3c(-n4cccc4)cccc3[cH-]2)cc1.c1ccc(-c2cc3c(-n4cccc4)cccc3[cH-]2)cc1. The first-order valence-corrected chi connectivity index (χ1v) is 20.3. The standard InChI is InChI=1S/2C19H14N.2ClH.Zr/c2*1-2-7-15(8-3-1)17-13-16-9-6-10-19(18(16)14-17)20-11-4-5-12-20;;;/h2*1-14H;2*1H;/q2*-1;;;+4/p-2. The number of rotatable bonds is 4. The molecule has 5 heteroatoms. The summed E-state index contributed by atoms with van der Waals surface area (Å²) in [5, 5.41) is 5.16. The fourth-order valence-corrected chi connectivity index (χ4v) is 5.47. The van der Waals surface area contributed by atoms with Crippen LogP contribution < -0.4 is 0 Å². The van der Waals surface area contributed by atoms with Crippen LogP contribution >= 0.6 is 17.0 Å². The van der Waals surface area contributed by atoms with Gasteiger partial charge < -0.3 is 9.13 Å². The molecule has 0 aliphatic heterocycles. The second-order valence-corrected chi connectivity index (χ2v) is 13.8. The normalized spacial score (nSPS) is 10.5. The molecule has 0 aliphatic carbocycles. The molecule has 6 aromatic carbocycles. The van der Waals surface area contributed by atoms with Crippen molar-refractivity contribution in [1.29, 1.82) is 0 Å². The summed E-state index contributed by atoms with van der Waals surface area (Å²) >= 11 is -0.826. The molecule has 0 radical (unpaired) electrons. The van der Waals surface area contributed by atoms with Crippen LogP contribution in [0, 0.1) is 0 Å². The van der Waals surface area contributed by atoms with E-state index in [4.69, 9.17) is 17.0 Å². The van der Waals surface area contributed by atoms with E-state index in [9.17, 15) is 0 Å². The van der Waals surface area contributed by atoms with Crippen molar-refractivity contribution in [2.45, 2.75) is 0 Å². The van der Waals surface area contributed by atoms with Crippen LogP contribution in [0.3, 0.4) is 0 Å². The number of benzene rings is 4. The van der Waals surface area contributed by atoms with Crippen molar-refractivity contribution in [3.8, 4) is 33.6 Å². The molecule has 0 saturated carbocycles. The number of hydrogen-bond acceptors (Lipinski definition) is 0. The minimum atomic E-state index is -0.826. The van der Waals surface area contributed by atoms with Gasteiger partial charge in [-0.05, 0) is 24.3 Å². The smallest absolute Gasteiger partial charge is 0.0112 e. The van der Waals surface area contributed by atoms with Gasteiger partial charge >= 0.3 is 37.9 Å². The Morgan fingerprint density at radius 3 is 1.19 bits per heavy atom. The molecule has 0 N–H and O–H groups in total. The first kappa shape index (κ1) is 29.2. The molecule has 0 unspecified atom stereocenters. The van der Waals surface area contributed by atoms with Gasteiger partial charge in [0.2, 0.25) is 0 Å². The minimum absolute atomic E-state index is 0.826. The molecule has 8 rings (SSSR count). The molecule has 2 heterocycles. The fraction of sp³-hybridized carbons (Fsp3) is 0. The average molecular weight is 675 g/mol. The summed E-state index contributed by atoms with van der Waals surface area (Å²) in [4.78, 5) is 0. The predicted octanol–water partition coefficient (Wildman–Crippen LogP) is 11.4. The van der Waals surface area contributed by atoms with Crippen molar-refractivity contribution < 1.29 is 20.8 Å². The van der Waals surface area contributed by atoms with Crippen LogP contribution in [0.1, 0.15) is 0 Å². The third kappa shape index (κ3) is 6.71. The van der Waals surface area contributed by atoms with Crippen molar-refractivity contribution in [2.75, 3.05) is 0 Å². The average Bonchev–Trinajstić information content (AvgIpc) is 3.88. The zero-order valence-corrected chi connectivity index (χ0v) is 27.3. The van der Waals surface area contributed by atoms with Gasteiger partial charge in [0.05, 0.1) is 0 Å². The van der Waals surface area contributed by atoms with Crippen molar-refractivity contribution in [3.05, 3.63) is 170 Å². The fourth-order valence-electron chi connectivity index (χ4n) is 5.47. The zero-order chi connectivity index (χ0) is 29.4. The van der Waals surface area contributed by atoms with Gasteiger partial charge in [0.1, 0.15) is 0 Å². The van der Waals surface area contributed by atoms with Gasteiger partial charge in [-0.2, -0.15) is 0 Å². The predicted molar refractivity (Wildman–Crippen MR) is 180 cm³/mol. The number of aromatic nitrogens is 2. The van der Waals surface area contributed by atoms with E-state index in [-0.39, 0.29) is 0 Å². The third-order valence-electron chi connectivity index (χ3n) is 7.43. The van der Waals surface area contributed by atoms with Crippen molar-refractivity contribution in [3.63, 3.8) is 0 Å². The van der Waals surface area contributed by atoms with E-state index in [1.54, 1.807) is 0 Å². The van der Waals surface area contributed by atoms with E-state index in [1.807, 2.05) is 0 Å². The van der Waals surface area contributed by atoms with Crippen LogP contribution in [0.5, 0.6) is 0 Å². The van der Waals surface area contributed by atoms with E-state index < -0.39 is 20.8 Å². The Morgan fingerprint density at radius 1 is 0.442 bits per heavy atom. The van der Waals surface area contributed by atoms with E-state index in [0.29, 0.717) is 0 Å². The molecule has 0 fully saturated rings. The molecular weight excluding hydrogens is 647 g/mol. The first-order valence-electron chi connectivity index (χ1n) is 14.0. The van der Waals surface area contributed by atoms with Crippen molar-refractivity contribution >= 4 is 38.6 Å². The Morgan fingerprint density at radius 2 is 0.814 bits per heavy atom. The Balaban J connectivity index is 0.000000141. The molecular formula is C38H28Cl2N2Zr. The first-order chi connectivity index (χ1) is 21.2. The van der Waals surface area contributed by atoms with Crippen LogP contribution in [-0.4, -0.2) is 9.13 Å². The number of halogens is 2. The van der Waals surface area contributed by atoms with Gasteiger partial charge in [-0.3, -0.25) is 0 Å². The van der Waals surface area contributed by atoms with E-state index in [0.717, 1.165) is 0 Å². The zero-order valence-electron chi connectivity index (χ0n) is 23.3. The van der Waals surface area contributed by atoms with Gasteiger partial charge in [0.25, 0.3) is 0 Å².